The van der Waals surface area contributed by atoms with Gasteiger partial charge in [-0.3, -0.25) is 0 Å². The number of para-hydroxylation sites is 1. The fourth-order valence-corrected chi connectivity index (χ4v) is 2.46. The Balaban J connectivity index is 2.04. The molecule has 0 fully saturated rings. The van der Waals surface area contributed by atoms with Crippen molar-refractivity contribution < 1.29 is 5.11 Å². The van der Waals surface area contributed by atoms with Gasteiger partial charge in [-0.25, -0.2) is 4.68 Å². The maximum absolute atomic E-state index is 9.84. The van der Waals surface area contributed by atoms with E-state index >= 15 is 0 Å². The van der Waals surface area contributed by atoms with Gasteiger partial charge in [0.2, 0.25) is 0 Å². The Hall–Kier alpha value is -2.81. The number of benzene rings is 2. The number of rotatable bonds is 3. The minimum atomic E-state index is 0.230. The molecule has 0 unspecified atom stereocenters. The second-order valence-corrected chi connectivity index (χ2v) is 5.29. The second kappa shape index (κ2) is 5.90. The SMILES string of the molecule is Cc1ccccc1-c1ccc(C)n1/N=C/c1ccccc1O. The first-order chi connectivity index (χ1) is 10.7. The van der Waals surface area contributed by atoms with Crippen LogP contribution in [0.25, 0.3) is 11.3 Å². The Bertz CT molecular complexity index is 831. The molecular formula is C19H18N2O. The number of aromatic nitrogens is 1. The van der Waals surface area contributed by atoms with Gasteiger partial charge in [-0.1, -0.05) is 36.4 Å². The number of aromatic hydroxyl groups is 1. The molecule has 0 bridgehead atoms. The van der Waals surface area contributed by atoms with E-state index in [1.54, 1.807) is 18.3 Å². The molecular weight excluding hydrogens is 272 g/mol. The minimum Gasteiger partial charge on any atom is -0.507 e. The number of nitrogens with zero attached hydrogens (tertiary/aromatic N) is 2. The zero-order chi connectivity index (χ0) is 15.5. The normalized spacial score (nSPS) is 11.2. The van der Waals surface area contributed by atoms with Gasteiger partial charge in [0.15, 0.2) is 0 Å². The highest BCUT2D eigenvalue weighted by Gasteiger charge is 2.08. The smallest absolute Gasteiger partial charge is 0.124 e. The van der Waals surface area contributed by atoms with Gasteiger partial charge >= 0.3 is 0 Å². The van der Waals surface area contributed by atoms with Crippen molar-refractivity contribution in [3.05, 3.63) is 77.5 Å². The third-order valence-electron chi connectivity index (χ3n) is 3.71. The van der Waals surface area contributed by atoms with E-state index < -0.39 is 0 Å². The maximum atomic E-state index is 9.84. The molecule has 3 rings (SSSR count). The fraction of sp³-hybridized carbons (Fsp3) is 0.105. The molecule has 0 saturated carbocycles. The van der Waals surface area contributed by atoms with Crippen LogP contribution in [0, 0.1) is 13.8 Å². The van der Waals surface area contributed by atoms with Gasteiger partial charge in [0.25, 0.3) is 0 Å². The molecule has 3 heteroatoms. The van der Waals surface area contributed by atoms with Crippen LogP contribution in [0.2, 0.25) is 0 Å². The Morgan fingerprint density at radius 1 is 0.909 bits per heavy atom. The standard InChI is InChI=1S/C19H18N2O/c1-14-7-3-5-9-17(14)18-12-11-15(2)21(18)20-13-16-8-4-6-10-19(16)22/h3-13,22H,1-2H3/b20-13+. The van der Waals surface area contributed by atoms with Gasteiger partial charge in [0.1, 0.15) is 5.75 Å². The van der Waals surface area contributed by atoms with E-state index in [4.69, 9.17) is 0 Å². The van der Waals surface area contributed by atoms with Crippen molar-refractivity contribution in [1.82, 2.24) is 4.68 Å². The van der Waals surface area contributed by atoms with Crippen molar-refractivity contribution in [2.75, 3.05) is 0 Å². The lowest BCUT2D eigenvalue weighted by molar-refractivity contribution is 0.474. The fourth-order valence-electron chi connectivity index (χ4n) is 2.46. The van der Waals surface area contributed by atoms with Crippen molar-refractivity contribution >= 4 is 6.21 Å². The summed E-state index contributed by atoms with van der Waals surface area (Å²) in [6.07, 6.45) is 1.68. The molecule has 0 aliphatic carbocycles. The van der Waals surface area contributed by atoms with Crippen molar-refractivity contribution in [1.29, 1.82) is 0 Å². The first kappa shape index (κ1) is 14.1. The van der Waals surface area contributed by atoms with E-state index in [2.05, 4.69) is 30.2 Å². The molecule has 1 N–H and O–H groups in total. The molecule has 0 spiro atoms. The quantitative estimate of drug-likeness (QED) is 0.715. The van der Waals surface area contributed by atoms with Crippen LogP contribution >= 0.6 is 0 Å². The molecule has 3 aromatic rings. The van der Waals surface area contributed by atoms with Crippen molar-refractivity contribution in [3.8, 4) is 17.0 Å². The van der Waals surface area contributed by atoms with Gasteiger partial charge in [0.05, 0.1) is 11.9 Å². The molecule has 1 heterocycles. The molecule has 2 aromatic carbocycles. The van der Waals surface area contributed by atoms with Gasteiger partial charge in [-0.15, -0.1) is 0 Å². The predicted molar refractivity (Wildman–Crippen MR) is 90.4 cm³/mol. The summed E-state index contributed by atoms with van der Waals surface area (Å²) in [6.45, 7) is 4.11. The van der Waals surface area contributed by atoms with Crippen LogP contribution in [-0.2, 0) is 0 Å². The summed E-state index contributed by atoms with van der Waals surface area (Å²) in [7, 11) is 0. The van der Waals surface area contributed by atoms with Crippen LogP contribution in [-0.4, -0.2) is 16.0 Å². The summed E-state index contributed by atoms with van der Waals surface area (Å²) in [5, 5.41) is 14.4. The number of hydrogen-bond acceptors (Lipinski definition) is 2. The molecule has 110 valence electrons. The lowest BCUT2D eigenvalue weighted by Gasteiger charge is -2.08. The molecule has 0 atom stereocenters. The van der Waals surface area contributed by atoms with Crippen LogP contribution < -0.4 is 0 Å². The molecule has 22 heavy (non-hydrogen) atoms. The number of aryl methyl sites for hydroxylation is 2. The van der Waals surface area contributed by atoms with Gasteiger partial charge in [-0.2, -0.15) is 5.10 Å². The molecule has 3 nitrogen and oxygen atoms in total. The predicted octanol–water partition coefficient (Wildman–Crippen LogP) is 4.36. The third-order valence-corrected chi connectivity index (χ3v) is 3.71. The minimum absolute atomic E-state index is 0.230. The Morgan fingerprint density at radius 3 is 2.41 bits per heavy atom. The Morgan fingerprint density at radius 2 is 1.64 bits per heavy atom. The van der Waals surface area contributed by atoms with E-state index in [0.717, 1.165) is 17.0 Å². The molecule has 0 radical (unpaired) electrons. The number of phenolic OH excluding ortho intramolecular Hbond substituents is 1. The van der Waals surface area contributed by atoms with Crippen LogP contribution in [0.3, 0.4) is 0 Å². The number of hydrogen-bond donors (Lipinski definition) is 1. The zero-order valence-corrected chi connectivity index (χ0v) is 12.7. The van der Waals surface area contributed by atoms with E-state index in [9.17, 15) is 5.11 Å². The van der Waals surface area contributed by atoms with E-state index in [-0.39, 0.29) is 5.75 Å². The van der Waals surface area contributed by atoms with Crippen LogP contribution in [0.15, 0.2) is 65.8 Å². The lowest BCUT2D eigenvalue weighted by atomic mass is 10.1. The van der Waals surface area contributed by atoms with E-state index in [0.29, 0.717) is 5.56 Å². The van der Waals surface area contributed by atoms with Crippen LogP contribution in [0.1, 0.15) is 16.8 Å². The van der Waals surface area contributed by atoms with Gasteiger partial charge in [-0.05, 0) is 43.7 Å². The summed E-state index contributed by atoms with van der Waals surface area (Å²) in [4.78, 5) is 0. The summed E-state index contributed by atoms with van der Waals surface area (Å²) < 4.78 is 1.90. The Kier molecular flexibility index (Phi) is 3.79. The summed E-state index contributed by atoms with van der Waals surface area (Å²) in [5.74, 6) is 0.230. The van der Waals surface area contributed by atoms with Gasteiger partial charge < -0.3 is 5.11 Å². The number of phenols is 1. The molecule has 0 amide bonds. The molecule has 0 saturated heterocycles. The third kappa shape index (κ3) is 2.66. The largest absolute Gasteiger partial charge is 0.507 e. The highest BCUT2D eigenvalue weighted by molar-refractivity contribution is 5.83. The maximum Gasteiger partial charge on any atom is 0.124 e. The highest BCUT2D eigenvalue weighted by atomic mass is 16.3. The van der Waals surface area contributed by atoms with Crippen LogP contribution in [0.5, 0.6) is 5.75 Å². The lowest BCUT2D eigenvalue weighted by Crippen LogP contribution is -1.97. The van der Waals surface area contributed by atoms with E-state index in [1.165, 1.54) is 5.56 Å². The molecule has 0 aliphatic rings. The van der Waals surface area contributed by atoms with Gasteiger partial charge in [0, 0.05) is 16.8 Å². The second-order valence-electron chi connectivity index (χ2n) is 5.29. The summed E-state index contributed by atoms with van der Waals surface area (Å²) >= 11 is 0. The first-order valence-electron chi connectivity index (χ1n) is 7.23. The van der Waals surface area contributed by atoms with Crippen molar-refractivity contribution in [2.45, 2.75) is 13.8 Å². The average molecular weight is 290 g/mol. The average Bonchev–Trinajstić information content (AvgIpc) is 2.88. The summed E-state index contributed by atoms with van der Waals surface area (Å²) in [6, 6.07) is 19.5. The molecule has 0 aliphatic heterocycles. The molecule has 1 aromatic heterocycles. The zero-order valence-electron chi connectivity index (χ0n) is 12.7. The Labute approximate surface area is 130 Å². The first-order valence-corrected chi connectivity index (χ1v) is 7.23. The monoisotopic (exact) mass is 290 g/mol. The topological polar surface area (TPSA) is 37.5 Å². The van der Waals surface area contributed by atoms with Crippen molar-refractivity contribution in [2.24, 2.45) is 5.10 Å². The van der Waals surface area contributed by atoms with E-state index in [1.807, 2.05) is 41.9 Å². The summed E-state index contributed by atoms with van der Waals surface area (Å²) in [5.41, 5.74) is 5.16. The van der Waals surface area contributed by atoms with Crippen LogP contribution in [0.4, 0.5) is 0 Å². The highest BCUT2D eigenvalue weighted by Crippen LogP contribution is 2.25. The van der Waals surface area contributed by atoms with Crippen molar-refractivity contribution in [3.63, 3.8) is 0 Å².